The van der Waals surface area contributed by atoms with Crippen molar-refractivity contribution in [1.82, 2.24) is 4.90 Å². The molecule has 0 aliphatic heterocycles. The first-order valence-electron chi connectivity index (χ1n) is 10.4. The van der Waals surface area contributed by atoms with Crippen molar-refractivity contribution in [3.8, 4) is 16.9 Å². The summed E-state index contributed by atoms with van der Waals surface area (Å²) in [4.78, 5) is 24.1. The highest BCUT2D eigenvalue weighted by Crippen LogP contribution is 2.29. The summed E-state index contributed by atoms with van der Waals surface area (Å²) in [6, 6.07) is 21.8. The van der Waals surface area contributed by atoms with Gasteiger partial charge in [-0.15, -0.1) is 0 Å². The number of halogens is 1. The van der Waals surface area contributed by atoms with Crippen molar-refractivity contribution in [2.75, 3.05) is 18.5 Å². The lowest BCUT2D eigenvalue weighted by Crippen LogP contribution is -2.46. The third kappa shape index (κ3) is 6.57. The van der Waals surface area contributed by atoms with Crippen molar-refractivity contribution in [2.24, 2.45) is 0 Å². The number of hydrogen-bond donors (Lipinski definition) is 3. The van der Waals surface area contributed by atoms with E-state index in [1.807, 2.05) is 18.2 Å². The molecule has 7 nitrogen and oxygen atoms in total. The molecular formula is C25H25BrN2O5. The zero-order chi connectivity index (χ0) is 23.8. The first-order valence-corrected chi connectivity index (χ1v) is 11.2. The van der Waals surface area contributed by atoms with Gasteiger partial charge < -0.3 is 20.3 Å². The quantitative estimate of drug-likeness (QED) is 0.363. The molecule has 0 aliphatic carbocycles. The van der Waals surface area contributed by atoms with E-state index in [4.69, 9.17) is 4.74 Å². The monoisotopic (exact) mass is 512 g/mol. The fourth-order valence-corrected chi connectivity index (χ4v) is 3.70. The SMILES string of the molecule is CC(CO)N(C(=O)O)C(=O)Nc1ccc(OCCc2ccc(-c3ccccc3)cc2)c(Br)c1. The molecule has 0 heterocycles. The predicted molar refractivity (Wildman–Crippen MR) is 131 cm³/mol. The molecule has 3 aromatic rings. The predicted octanol–water partition coefficient (Wildman–Crippen LogP) is 5.63. The minimum absolute atomic E-state index is 0.395. The Balaban J connectivity index is 1.55. The first kappa shape index (κ1) is 24.3. The zero-order valence-corrected chi connectivity index (χ0v) is 19.7. The zero-order valence-electron chi connectivity index (χ0n) is 18.1. The largest absolute Gasteiger partial charge is 0.492 e. The Hall–Kier alpha value is -3.36. The van der Waals surface area contributed by atoms with Crippen LogP contribution in [0.5, 0.6) is 5.75 Å². The van der Waals surface area contributed by atoms with Crippen LogP contribution in [0.25, 0.3) is 11.1 Å². The van der Waals surface area contributed by atoms with Crippen molar-refractivity contribution in [1.29, 1.82) is 0 Å². The fourth-order valence-electron chi connectivity index (χ4n) is 3.21. The van der Waals surface area contributed by atoms with Crippen LogP contribution < -0.4 is 10.1 Å². The van der Waals surface area contributed by atoms with Crippen molar-refractivity contribution >= 4 is 33.7 Å². The van der Waals surface area contributed by atoms with Crippen LogP contribution in [0.15, 0.2) is 77.3 Å². The van der Waals surface area contributed by atoms with Gasteiger partial charge in [-0.05, 0) is 57.7 Å². The average molecular weight is 513 g/mol. The molecule has 3 aromatic carbocycles. The fraction of sp³-hybridized carbons (Fsp3) is 0.200. The van der Waals surface area contributed by atoms with Gasteiger partial charge in [0.1, 0.15) is 5.75 Å². The van der Waals surface area contributed by atoms with Gasteiger partial charge in [0.25, 0.3) is 0 Å². The van der Waals surface area contributed by atoms with Gasteiger partial charge in [0.15, 0.2) is 0 Å². The number of nitrogens with one attached hydrogen (secondary N) is 1. The standard InChI is InChI=1S/C25H25BrN2O5/c1-17(16-29)28(25(31)32)24(30)27-21-11-12-23(22(26)15-21)33-14-13-18-7-9-20(10-8-18)19-5-3-2-4-6-19/h2-12,15,17,29H,13-14,16H2,1H3,(H,27,30)(H,31,32). The van der Waals surface area contributed by atoms with E-state index in [1.54, 1.807) is 18.2 Å². The van der Waals surface area contributed by atoms with E-state index in [1.165, 1.54) is 12.5 Å². The van der Waals surface area contributed by atoms with Gasteiger partial charge in [0.05, 0.1) is 23.7 Å². The number of amides is 3. The Morgan fingerprint density at radius 1 is 1.03 bits per heavy atom. The van der Waals surface area contributed by atoms with E-state index < -0.39 is 24.8 Å². The molecular weight excluding hydrogens is 488 g/mol. The van der Waals surface area contributed by atoms with Gasteiger partial charge in [-0.3, -0.25) is 0 Å². The van der Waals surface area contributed by atoms with Crippen molar-refractivity contribution in [2.45, 2.75) is 19.4 Å². The highest BCUT2D eigenvalue weighted by Gasteiger charge is 2.26. The van der Waals surface area contributed by atoms with Gasteiger partial charge in [-0.25, -0.2) is 14.5 Å². The summed E-state index contributed by atoms with van der Waals surface area (Å²) in [5, 5.41) is 20.9. The van der Waals surface area contributed by atoms with Crippen LogP contribution in [0, 0.1) is 0 Å². The van der Waals surface area contributed by atoms with Crippen LogP contribution >= 0.6 is 15.9 Å². The molecule has 172 valence electrons. The smallest absolute Gasteiger partial charge is 0.415 e. The van der Waals surface area contributed by atoms with Gasteiger partial charge in [-0.1, -0.05) is 54.6 Å². The Morgan fingerprint density at radius 2 is 1.70 bits per heavy atom. The molecule has 0 radical (unpaired) electrons. The molecule has 0 saturated heterocycles. The Morgan fingerprint density at radius 3 is 2.30 bits per heavy atom. The molecule has 3 rings (SSSR count). The molecule has 8 heteroatoms. The van der Waals surface area contributed by atoms with Crippen LogP contribution in [0.2, 0.25) is 0 Å². The van der Waals surface area contributed by atoms with E-state index >= 15 is 0 Å². The molecule has 33 heavy (non-hydrogen) atoms. The maximum Gasteiger partial charge on any atom is 0.415 e. The van der Waals surface area contributed by atoms with Crippen molar-refractivity contribution in [3.05, 3.63) is 82.8 Å². The number of aliphatic hydroxyl groups is 1. The summed E-state index contributed by atoms with van der Waals surface area (Å²) < 4.78 is 6.48. The number of ether oxygens (including phenoxy) is 1. The maximum atomic E-state index is 12.3. The molecule has 0 aromatic heterocycles. The highest BCUT2D eigenvalue weighted by molar-refractivity contribution is 9.10. The summed E-state index contributed by atoms with van der Waals surface area (Å²) in [7, 11) is 0. The van der Waals surface area contributed by atoms with Crippen LogP contribution in [0.3, 0.4) is 0 Å². The molecule has 0 bridgehead atoms. The minimum Gasteiger partial charge on any atom is -0.492 e. The van der Waals surface area contributed by atoms with Crippen LogP contribution in [0.1, 0.15) is 12.5 Å². The lowest BCUT2D eigenvalue weighted by molar-refractivity contribution is 0.120. The van der Waals surface area contributed by atoms with E-state index in [0.717, 1.165) is 17.5 Å². The van der Waals surface area contributed by atoms with E-state index in [-0.39, 0.29) is 0 Å². The molecule has 0 fully saturated rings. The van der Waals surface area contributed by atoms with Crippen LogP contribution in [-0.2, 0) is 6.42 Å². The summed E-state index contributed by atoms with van der Waals surface area (Å²) in [6.45, 7) is 1.44. The highest BCUT2D eigenvalue weighted by atomic mass is 79.9. The number of aliphatic hydroxyl groups excluding tert-OH is 1. The number of imide groups is 1. The third-order valence-corrected chi connectivity index (χ3v) is 5.64. The number of nitrogens with zero attached hydrogens (tertiary/aromatic N) is 1. The molecule has 3 amide bonds. The molecule has 3 N–H and O–H groups in total. The lowest BCUT2D eigenvalue weighted by Gasteiger charge is -2.23. The number of carbonyl (C=O) groups is 2. The van der Waals surface area contributed by atoms with Gasteiger partial charge in [0.2, 0.25) is 0 Å². The summed E-state index contributed by atoms with van der Waals surface area (Å²) in [5.74, 6) is 0.604. The van der Waals surface area contributed by atoms with Gasteiger partial charge >= 0.3 is 12.1 Å². The molecule has 0 spiro atoms. The number of rotatable bonds is 8. The first-order chi connectivity index (χ1) is 15.9. The van der Waals surface area contributed by atoms with Crippen molar-refractivity contribution in [3.63, 3.8) is 0 Å². The number of urea groups is 1. The molecule has 0 aliphatic rings. The normalized spacial score (nSPS) is 11.5. The topological polar surface area (TPSA) is 99.1 Å². The van der Waals surface area contributed by atoms with Crippen LogP contribution in [0.4, 0.5) is 15.3 Å². The molecule has 1 unspecified atom stereocenters. The maximum absolute atomic E-state index is 12.3. The Labute approximate surface area is 200 Å². The second kappa shape index (κ2) is 11.5. The van der Waals surface area contributed by atoms with E-state index in [9.17, 15) is 19.8 Å². The Kier molecular flexibility index (Phi) is 8.46. The number of anilines is 1. The van der Waals surface area contributed by atoms with Crippen LogP contribution in [-0.4, -0.2) is 46.5 Å². The molecule has 1 atom stereocenters. The summed E-state index contributed by atoms with van der Waals surface area (Å²) >= 11 is 3.42. The summed E-state index contributed by atoms with van der Waals surface area (Å²) in [5.41, 5.74) is 3.89. The molecule has 0 saturated carbocycles. The van der Waals surface area contributed by atoms with Gasteiger partial charge in [-0.2, -0.15) is 0 Å². The second-order valence-electron chi connectivity index (χ2n) is 7.42. The Bertz CT molecular complexity index is 1090. The van der Waals surface area contributed by atoms with Crippen molar-refractivity contribution < 1.29 is 24.5 Å². The number of carbonyl (C=O) groups excluding carboxylic acids is 1. The number of benzene rings is 3. The van der Waals surface area contributed by atoms with E-state index in [2.05, 4.69) is 57.6 Å². The third-order valence-electron chi connectivity index (χ3n) is 5.02. The lowest BCUT2D eigenvalue weighted by atomic mass is 10.0. The summed E-state index contributed by atoms with van der Waals surface area (Å²) in [6.07, 6.45) is -0.711. The average Bonchev–Trinajstić information content (AvgIpc) is 2.81. The van der Waals surface area contributed by atoms with E-state index in [0.29, 0.717) is 27.4 Å². The van der Waals surface area contributed by atoms with Gasteiger partial charge in [0, 0.05) is 12.1 Å². The number of carboxylic acid groups (broad SMARTS) is 1. The second-order valence-corrected chi connectivity index (χ2v) is 8.28. The minimum atomic E-state index is -1.44. The number of hydrogen-bond acceptors (Lipinski definition) is 4.